The van der Waals surface area contributed by atoms with E-state index in [1.165, 1.54) is 0 Å². The number of carbonyl (C=O) groups excluding carboxylic acids is 1. The molecule has 0 bridgehead atoms. The van der Waals surface area contributed by atoms with Gasteiger partial charge in [-0.05, 0) is 13.0 Å². The molecule has 5 heteroatoms. The summed E-state index contributed by atoms with van der Waals surface area (Å²) in [6, 6.07) is 0. The van der Waals surface area contributed by atoms with Crippen molar-refractivity contribution in [3.63, 3.8) is 0 Å². The van der Waals surface area contributed by atoms with Gasteiger partial charge in [0.25, 0.3) is 0 Å². The minimum Gasteiger partial charge on any atom is -0.480 e. The topological polar surface area (TPSA) is 83.6 Å². The van der Waals surface area contributed by atoms with Crippen LogP contribution < -0.4 is 5.73 Å². The molecule has 3 N–H and O–H groups in total. The largest absolute Gasteiger partial charge is 0.480 e. The Hall–Kier alpha value is -1.10. The summed E-state index contributed by atoms with van der Waals surface area (Å²) in [4.78, 5) is 23.0. The number of aliphatic carboxylic acids is 1. The van der Waals surface area contributed by atoms with Crippen molar-refractivity contribution in [2.75, 3.05) is 19.6 Å². The first-order chi connectivity index (χ1) is 6.47. The molecule has 0 rings (SSSR count). The number of carboxylic acid groups (broad SMARTS) is 1. The van der Waals surface area contributed by atoms with E-state index in [1.54, 1.807) is 11.8 Å². The fourth-order valence-corrected chi connectivity index (χ4v) is 1.22. The SMILES string of the molecule is CCCN(CC(=O)O)CC(C)C(N)=O. The summed E-state index contributed by atoms with van der Waals surface area (Å²) >= 11 is 0. The lowest BCUT2D eigenvalue weighted by Gasteiger charge is -2.21. The Labute approximate surface area is 83.9 Å². The highest BCUT2D eigenvalue weighted by atomic mass is 16.4. The number of nitrogens with zero attached hydrogens (tertiary/aromatic N) is 1. The summed E-state index contributed by atoms with van der Waals surface area (Å²) < 4.78 is 0. The fourth-order valence-electron chi connectivity index (χ4n) is 1.22. The summed E-state index contributed by atoms with van der Waals surface area (Å²) in [6.07, 6.45) is 0.860. The number of carboxylic acids is 1. The minimum atomic E-state index is -0.880. The van der Waals surface area contributed by atoms with E-state index < -0.39 is 11.9 Å². The number of hydrogen-bond donors (Lipinski definition) is 2. The number of nitrogens with two attached hydrogens (primary N) is 1. The van der Waals surface area contributed by atoms with E-state index in [0.29, 0.717) is 13.1 Å². The highest BCUT2D eigenvalue weighted by molar-refractivity contribution is 5.76. The van der Waals surface area contributed by atoms with Gasteiger partial charge in [0.1, 0.15) is 0 Å². The molecular weight excluding hydrogens is 184 g/mol. The summed E-state index contributed by atoms with van der Waals surface area (Å²) in [5.41, 5.74) is 5.10. The molecule has 0 aliphatic rings. The van der Waals surface area contributed by atoms with Crippen molar-refractivity contribution >= 4 is 11.9 Å². The molecule has 0 aromatic heterocycles. The Balaban J connectivity index is 4.07. The van der Waals surface area contributed by atoms with Crippen LogP contribution in [0.1, 0.15) is 20.3 Å². The van der Waals surface area contributed by atoms with Gasteiger partial charge in [0.05, 0.1) is 6.54 Å². The summed E-state index contributed by atoms with van der Waals surface area (Å²) in [5, 5.41) is 8.60. The van der Waals surface area contributed by atoms with Crippen molar-refractivity contribution in [2.45, 2.75) is 20.3 Å². The Kier molecular flexibility index (Phi) is 5.87. The van der Waals surface area contributed by atoms with Crippen LogP contribution >= 0.6 is 0 Å². The minimum absolute atomic E-state index is 0.0362. The van der Waals surface area contributed by atoms with E-state index in [-0.39, 0.29) is 12.5 Å². The second-order valence-corrected chi connectivity index (χ2v) is 3.43. The van der Waals surface area contributed by atoms with Gasteiger partial charge in [0.15, 0.2) is 0 Å². The molecule has 14 heavy (non-hydrogen) atoms. The Morgan fingerprint density at radius 3 is 2.43 bits per heavy atom. The van der Waals surface area contributed by atoms with Gasteiger partial charge in [-0.3, -0.25) is 14.5 Å². The average Bonchev–Trinajstić information content (AvgIpc) is 2.02. The summed E-state index contributed by atoms with van der Waals surface area (Å²) in [5.74, 6) is -1.58. The first kappa shape index (κ1) is 12.9. The van der Waals surface area contributed by atoms with Gasteiger partial charge in [0, 0.05) is 12.5 Å². The molecular formula is C9H18N2O3. The average molecular weight is 202 g/mol. The van der Waals surface area contributed by atoms with E-state index in [0.717, 1.165) is 6.42 Å². The van der Waals surface area contributed by atoms with Crippen molar-refractivity contribution < 1.29 is 14.7 Å². The van der Waals surface area contributed by atoms with Crippen LogP contribution in [-0.4, -0.2) is 41.5 Å². The number of rotatable bonds is 7. The normalized spacial score (nSPS) is 12.8. The van der Waals surface area contributed by atoms with Crippen molar-refractivity contribution in [1.29, 1.82) is 0 Å². The zero-order valence-corrected chi connectivity index (χ0v) is 8.69. The highest BCUT2D eigenvalue weighted by Gasteiger charge is 2.15. The van der Waals surface area contributed by atoms with Crippen LogP contribution in [0.25, 0.3) is 0 Å². The molecule has 0 saturated carbocycles. The maximum absolute atomic E-state index is 10.8. The van der Waals surface area contributed by atoms with E-state index in [4.69, 9.17) is 10.8 Å². The number of primary amides is 1. The smallest absolute Gasteiger partial charge is 0.317 e. The van der Waals surface area contributed by atoms with Gasteiger partial charge in [-0.1, -0.05) is 13.8 Å². The second-order valence-electron chi connectivity index (χ2n) is 3.43. The lowest BCUT2D eigenvalue weighted by atomic mass is 10.1. The third kappa shape index (κ3) is 5.53. The van der Waals surface area contributed by atoms with Gasteiger partial charge < -0.3 is 10.8 Å². The Bertz CT molecular complexity index is 206. The molecule has 0 aliphatic heterocycles. The predicted molar refractivity (Wildman–Crippen MR) is 52.7 cm³/mol. The number of carbonyl (C=O) groups is 2. The monoisotopic (exact) mass is 202 g/mol. The third-order valence-electron chi connectivity index (χ3n) is 1.92. The molecule has 1 unspecified atom stereocenters. The molecule has 0 fully saturated rings. The van der Waals surface area contributed by atoms with Gasteiger partial charge in [-0.15, -0.1) is 0 Å². The van der Waals surface area contributed by atoms with Gasteiger partial charge in [-0.2, -0.15) is 0 Å². The molecule has 1 atom stereocenters. The molecule has 5 nitrogen and oxygen atoms in total. The molecule has 82 valence electrons. The first-order valence-corrected chi connectivity index (χ1v) is 4.70. The molecule has 0 heterocycles. The zero-order chi connectivity index (χ0) is 11.1. The zero-order valence-electron chi connectivity index (χ0n) is 8.69. The van der Waals surface area contributed by atoms with Crippen LogP contribution in [0.2, 0.25) is 0 Å². The van der Waals surface area contributed by atoms with Crippen LogP contribution in [0, 0.1) is 5.92 Å². The molecule has 0 spiro atoms. The summed E-state index contributed by atoms with van der Waals surface area (Å²) in [7, 11) is 0. The molecule has 0 aromatic carbocycles. The van der Waals surface area contributed by atoms with E-state index in [2.05, 4.69) is 0 Å². The van der Waals surface area contributed by atoms with Crippen LogP contribution in [0.4, 0.5) is 0 Å². The lowest BCUT2D eigenvalue weighted by Crippen LogP contribution is -2.38. The number of amides is 1. The molecule has 0 radical (unpaired) electrons. The molecule has 1 amide bonds. The fraction of sp³-hybridized carbons (Fsp3) is 0.778. The van der Waals surface area contributed by atoms with Crippen LogP contribution in [0.15, 0.2) is 0 Å². The Morgan fingerprint density at radius 2 is 2.07 bits per heavy atom. The highest BCUT2D eigenvalue weighted by Crippen LogP contribution is 2.00. The van der Waals surface area contributed by atoms with Crippen LogP contribution in [0.3, 0.4) is 0 Å². The standard InChI is InChI=1S/C9H18N2O3/c1-3-4-11(6-8(12)13)5-7(2)9(10)14/h7H,3-6H2,1-2H3,(H2,10,14)(H,12,13). The van der Waals surface area contributed by atoms with Crippen LogP contribution in [-0.2, 0) is 9.59 Å². The number of hydrogen-bond acceptors (Lipinski definition) is 3. The maximum atomic E-state index is 10.8. The van der Waals surface area contributed by atoms with E-state index >= 15 is 0 Å². The van der Waals surface area contributed by atoms with Crippen molar-refractivity contribution in [2.24, 2.45) is 11.7 Å². The molecule has 0 aliphatic carbocycles. The van der Waals surface area contributed by atoms with Gasteiger partial charge in [-0.25, -0.2) is 0 Å². The van der Waals surface area contributed by atoms with E-state index in [1.807, 2.05) is 6.92 Å². The molecule has 0 aromatic rings. The second kappa shape index (κ2) is 6.37. The quantitative estimate of drug-likeness (QED) is 0.604. The van der Waals surface area contributed by atoms with Gasteiger partial charge in [0.2, 0.25) is 5.91 Å². The van der Waals surface area contributed by atoms with E-state index in [9.17, 15) is 9.59 Å². The van der Waals surface area contributed by atoms with Crippen molar-refractivity contribution in [1.82, 2.24) is 4.90 Å². The molecule has 0 saturated heterocycles. The first-order valence-electron chi connectivity index (χ1n) is 4.70. The third-order valence-corrected chi connectivity index (χ3v) is 1.92. The van der Waals surface area contributed by atoms with Crippen LogP contribution in [0.5, 0.6) is 0 Å². The van der Waals surface area contributed by atoms with Crippen molar-refractivity contribution in [3.8, 4) is 0 Å². The Morgan fingerprint density at radius 1 is 1.50 bits per heavy atom. The van der Waals surface area contributed by atoms with Gasteiger partial charge >= 0.3 is 5.97 Å². The maximum Gasteiger partial charge on any atom is 0.317 e. The van der Waals surface area contributed by atoms with Crippen molar-refractivity contribution in [3.05, 3.63) is 0 Å². The predicted octanol–water partition coefficient (Wildman–Crippen LogP) is -0.0956. The summed E-state index contributed by atoms with van der Waals surface area (Å²) in [6.45, 7) is 4.71. The lowest BCUT2D eigenvalue weighted by molar-refractivity contribution is -0.139.